The number of benzene rings is 1. The molecule has 0 atom stereocenters. The highest BCUT2D eigenvalue weighted by Crippen LogP contribution is 2.25. The van der Waals surface area contributed by atoms with Gasteiger partial charge in [0.1, 0.15) is 0 Å². The average molecular weight is 284 g/mol. The van der Waals surface area contributed by atoms with Gasteiger partial charge >= 0.3 is 5.97 Å². The molecule has 1 aromatic carbocycles. The zero-order valence-electron chi connectivity index (χ0n) is 12.6. The van der Waals surface area contributed by atoms with Crippen LogP contribution in [0.15, 0.2) is 42.6 Å². The maximum Gasteiger partial charge on any atom is 0.328 e. The summed E-state index contributed by atoms with van der Waals surface area (Å²) in [4.78, 5) is 10.7. The van der Waals surface area contributed by atoms with Gasteiger partial charge in [0, 0.05) is 23.3 Å². The van der Waals surface area contributed by atoms with Crippen molar-refractivity contribution in [3.8, 4) is 0 Å². The summed E-state index contributed by atoms with van der Waals surface area (Å²) in [5.41, 5.74) is 2.77. The fourth-order valence-corrected chi connectivity index (χ4v) is 2.15. The molecule has 4 heteroatoms. The molecule has 0 saturated heterocycles. The van der Waals surface area contributed by atoms with Crippen LogP contribution in [0.5, 0.6) is 0 Å². The number of aliphatic carboxylic acids is 1. The molecule has 1 N–H and O–H groups in total. The van der Waals surface area contributed by atoms with Gasteiger partial charge in [-0.05, 0) is 11.6 Å². The Labute approximate surface area is 124 Å². The van der Waals surface area contributed by atoms with Crippen LogP contribution in [0.4, 0.5) is 0 Å². The Morgan fingerprint density at radius 2 is 1.95 bits per heavy atom. The number of hydrogen-bond acceptors (Lipinski definition) is 2. The Hall–Kier alpha value is -2.36. The number of nitrogens with zero attached hydrogens (tertiary/aromatic N) is 2. The normalized spacial score (nSPS) is 12.0. The topological polar surface area (TPSA) is 55.1 Å². The van der Waals surface area contributed by atoms with Gasteiger partial charge in [-0.2, -0.15) is 5.10 Å². The van der Waals surface area contributed by atoms with Crippen LogP contribution in [-0.2, 0) is 16.8 Å². The van der Waals surface area contributed by atoms with Crippen molar-refractivity contribution in [1.82, 2.24) is 9.78 Å². The van der Waals surface area contributed by atoms with E-state index in [9.17, 15) is 4.79 Å². The summed E-state index contributed by atoms with van der Waals surface area (Å²) in [7, 11) is 0. The lowest BCUT2D eigenvalue weighted by Crippen LogP contribution is -2.14. The zero-order chi connectivity index (χ0) is 15.5. The Bertz CT molecular complexity index is 649. The quantitative estimate of drug-likeness (QED) is 0.876. The molecule has 0 aliphatic rings. The summed E-state index contributed by atoms with van der Waals surface area (Å²) in [6.45, 7) is 6.88. The Kier molecular flexibility index (Phi) is 4.26. The van der Waals surface area contributed by atoms with Crippen molar-refractivity contribution in [2.24, 2.45) is 0 Å². The number of rotatable bonds is 4. The minimum Gasteiger partial charge on any atom is -0.478 e. The van der Waals surface area contributed by atoms with Crippen molar-refractivity contribution in [3.05, 3.63) is 59.4 Å². The second kappa shape index (κ2) is 5.95. The summed E-state index contributed by atoms with van der Waals surface area (Å²) < 4.78 is 1.86. The minimum atomic E-state index is -0.953. The molecule has 0 radical (unpaired) electrons. The van der Waals surface area contributed by atoms with Crippen LogP contribution < -0.4 is 0 Å². The molecule has 0 saturated carbocycles. The molecule has 0 unspecified atom stereocenters. The van der Waals surface area contributed by atoms with Crippen LogP contribution in [0, 0.1) is 0 Å². The molecule has 0 bridgehead atoms. The molecule has 2 rings (SSSR count). The molecule has 2 aromatic rings. The summed E-state index contributed by atoms with van der Waals surface area (Å²) in [6.07, 6.45) is 4.66. The van der Waals surface area contributed by atoms with E-state index in [0.717, 1.165) is 22.9 Å². The van der Waals surface area contributed by atoms with E-state index in [4.69, 9.17) is 5.11 Å². The third-order valence-corrected chi connectivity index (χ3v) is 3.09. The van der Waals surface area contributed by atoms with E-state index in [-0.39, 0.29) is 5.41 Å². The van der Waals surface area contributed by atoms with Crippen molar-refractivity contribution < 1.29 is 9.90 Å². The molecule has 0 aliphatic carbocycles. The first-order valence-corrected chi connectivity index (χ1v) is 6.89. The zero-order valence-corrected chi connectivity index (χ0v) is 12.6. The first-order valence-electron chi connectivity index (χ1n) is 6.89. The van der Waals surface area contributed by atoms with Gasteiger partial charge in [-0.15, -0.1) is 0 Å². The van der Waals surface area contributed by atoms with Crippen molar-refractivity contribution >= 4 is 12.0 Å². The molecular formula is C17H20N2O2. The molecular weight excluding hydrogens is 264 g/mol. The number of carbonyl (C=O) groups is 1. The van der Waals surface area contributed by atoms with Gasteiger partial charge in [0.25, 0.3) is 0 Å². The molecule has 4 nitrogen and oxygen atoms in total. The predicted molar refractivity (Wildman–Crippen MR) is 83.1 cm³/mol. The van der Waals surface area contributed by atoms with Crippen LogP contribution in [0.25, 0.3) is 6.08 Å². The van der Waals surface area contributed by atoms with E-state index in [1.165, 1.54) is 0 Å². The third-order valence-electron chi connectivity index (χ3n) is 3.09. The number of carboxylic acid groups (broad SMARTS) is 1. The molecule has 0 amide bonds. The monoisotopic (exact) mass is 284 g/mol. The molecule has 1 heterocycles. The van der Waals surface area contributed by atoms with Crippen LogP contribution in [0.3, 0.4) is 0 Å². The van der Waals surface area contributed by atoms with E-state index >= 15 is 0 Å². The third kappa shape index (κ3) is 4.05. The van der Waals surface area contributed by atoms with Gasteiger partial charge in [-0.1, -0.05) is 51.1 Å². The summed E-state index contributed by atoms with van der Waals surface area (Å²) in [6, 6.07) is 10.1. The van der Waals surface area contributed by atoms with Gasteiger partial charge in [0.2, 0.25) is 0 Å². The van der Waals surface area contributed by atoms with E-state index in [0.29, 0.717) is 6.54 Å². The largest absolute Gasteiger partial charge is 0.478 e. The van der Waals surface area contributed by atoms with Crippen molar-refractivity contribution in [3.63, 3.8) is 0 Å². The van der Waals surface area contributed by atoms with Crippen molar-refractivity contribution in [1.29, 1.82) is 0 Å². The second-order valence-corrected chi connectivity index (χ2v) is 6.04. The first kappa shape index (κ1) is 15.0. The van der Waals surface area contributed by atoms with Crippen LogP contribution >= 0.6 is 0 Å². The Balaban J connectivity index is 2.34. The Morgan fingerprint density at radius 3 is 2.52 bits per heavy atom. The maximum absolute atomic E-state index is 10.7. The van der Waals surface area contributed by atoms with Gasteiger partial charge in [-0.25, -0.2) is 4.79 Å². The molecule has 21 heavy (non-hydrogen) atoms. The van der Waals surface area contributed by atoms with Gasteiger partial charge in [-0.3, -0.25) is 4.68 Å². The lowest BCUT2D eigenvalue weighted by molar-refractivity contribution is -0.131. The fourth-order valence-electron chi connectivity index (χ4n) is 2.15. The minimum absolute atomic E-state index is 0.139. The molecule has 0 spiro atoms. The predicted octanol–water partition coefficient (Wildman–Crippen LogP) is 3.33. The number of aromatic nitrogens is 2. The number of hydrogen-bond donors (Lipinski definition) is 1. The van der Waals surface area contributed by atoms with E-state index in [2.05, 4.69) is 25.9 Å². The highest BCUT2D eigenvalue weighted by Gasteiger charge is 2.21. The highest BCUT2D eigenvalue weighted by atomic mass is 16.4. The van der Waals surface area contributed by atoms with Crippen molar-refractivity contribution in [2.75, 3.05) is 0 Å². The van der Waals surface area contributed by atoms with Gasteiger partial charge in [0.05, 0.1) is 12.2 Å². The van der Waals surface area contributed by atoms with E-state index in [1.54, 1.807) is 6.08 Å². The highest BCUT2D eigenvalue weighted by molar-refractivity contribution is 5.85. The van der Waals surface area contributed by atoms with Gasteiger partial charge < -0.3 is 5.11 Å². The number of carboxylic acids is 1. The molecule has 1 aromatic heterocycles. The van der Waals surface area contributed by atoms with E-state index in [1.807, 2.05) is 41.2 Å². The second-order valence-electron chi connectivity index (χ2n) is 6.04. The standard InChI is InChI=1S/C17H20N2O2/c1-17(2,3)16-14(9-10-15(20)21)12-19(18-16)11-13-7-5-4-6-8-13/h4-10,12H,11H2,1-3H3,(H,20,21). The SMILES string of the molecule is CC(C)(C)c1nn(Cc2ccccc2)cc1C=CC(=O)O. The summed E-state index contributed by atoms with van der Waals surface area (Å²) in [5.74, 6) is -0.953. The molecule has 0 fully saturated rings. The summed E-state index contributed by atoms with van der Waals surface area (Å²) >= 11 is 0. The molecule has 110 valence electrons. The average Bonchev–Trinajstić information content (AvgIpc) is 2.80. The molecule has 0 aliphatic heterocycles. The lowest BCUT2D eigenvalue weighted by atomic mass is 9.89. The van der Waals surface area contributed by atoms with Crippen LogP contribution in [-0.4, -0.2) is 20.9 Å². The Morgan fingerprint density at radius 1 is 1.29 bits per heavy atom. The smallest absolute Gasteiger partial charge is 0.328 e. The first-order chi connectivity index (χ1) is 9.86. The maximum atomic E-state index is 10.7. The fraction of sp³-hybridized carbons (Fsp3) is 0.294. The van der Waals surface area contributed by atoms with Crippen LogP contribution in [0.1, 0.15) is 37.6 Å². The lowest BCUT2D eigenvalue weighted by Gasteiger charge is -2.16. The summed E-state index contributed by atoms with van der Waals surface area (Å²) in [5, 5.41) is 13.4. The van der Waals surface area contributed by atoms with Crippen molar-refractivity contribution in [2.45, 2.75) is 32.7 Å². The van der Waals surface area contributed by atoms with E-state index < -0.39 is 5.97 Å². The van der Waals surface area contributed by atoms with Gasteiger partial charge in [0.15, 0.2) is 0 Å². The van der Waals surface area contributed by atoms with Crippen LogP contribution in [0.2, 0.25) is 0 Å².